The first kappa shape index (κ1) is 12.9. The molecule has 0 bridgehead atoms. The number of ether oxygens (including phenoxy) is 3. The molecule has 1 aliphatic heterocycles. The molecule has 2 aliphatic rings. The Balaban J connectivity index is 1.52. The molecule has 0 radical (unpaired) electrons. The van der Waals surface area contributed by atoms with E-state index < -0.39 is 0 Å². The number of nitrogens with two attached hydrogens (primary N) is 1. The van der Waals surface area contributed by atoms with Gasteiger partial charge in [-0.1, -0.05) is 12.1 Å². The van der Waals surface area contributed by atoms with Crippen molar-refractivity contribution in [2.24, 2.45) is 5.73 Å². The summed E-state index contributed by atoms with van der Waals surface area (Å²) in [5.74, 6) is 0.548. The van der Waals surface area contributed by atoms with Crippen LogP contribution >= 0.6 is 0 Å². The van der Waals surface area contributed by atoms with Crippen molar-refractivity contribution in [3.8, 4) is 5.75 Å². The van der Waals surface area contributed by atoms with E-state index in [9.17, 15) is 0 Å². The smallest absolute Gasteiger partial charge is 0.169 e. The monoisotopic (exact) mass is 263 g/mol. The van der Waals surface area contributed by atoms with Crippen molar-refractivity contribution in [3.63, 3.8) is 0 Å². The molecule has 1 unspecified atom stereocenters. The maximum atomic E-state index is 6.02. The summed E-state index contributed by atoms with van der Waals surface area (Å²) < 4.78 is 17.6. The fraction of sp³-hybridized carbons (Fsp3) is 0.600. The third-order valence-electron chi connectivity index (χ3n) is 3.85. The van der Waals surface area contributed by atoms with Crippen molar-refractivity contribution in [1.82, 2.24) is 0 Å². The highest BCUT2D eigenvalue weighted by atomic mass is 16.8. The van der Waals surface area contributed by atoms with Crippen LogP contribution in [0.5, 0.6) is 5.75 Å². The van der Waals surface area contributed by atoms with Crippen LogP contribution in [0.15, 0.2) is 24.3 Å². The van der Waals surface area contributed by atoms with Crippen LogP contribution in [0, 0.1) is 0 Å². The average Bonchev–Trinajstić information content (AvgIpc) is 3.08. The van der Waals surface area contributed by atoms with Crippen molar-refractivity contribution in [2.75, 3.05) is 13.2 Å². The zero-order chi connectivity index (χ0) is 13.1. The highest BCUT2D eigenvalue weighted by Crippen LogP contribution is 2.39. The van der Waals surface area contributed by atoms with E-state index in [1.807, 2.05) is 24.3 Å². The predicted octanol–water partition coefficient (Wildman–Crippen LogP) is 2.21. The minimum atomic E-state index is -0.298. The van der Waals surface area contributed by atoms with Crippen LogP contribution in [0.2, 0.25) is 0 Å². The minimum absolute atomic E-state index is 0.0413. The molecule has 3 rings (SSSR count). The lowest BCUT2D eigenvalue weighted by Crippen LogP contribution is -2.28. The molecular formula is C15H21NO3. The van der Waals surface area contributed by atoms with Crippen molar-refractivity contribution in [3.05, 3.63) is 29.8 Å². The Kier molecular flexibility index (Phi) is 3.73. The lowest BCUT2D eigenvalue weighted by Gasteiger charge is -2.21. The van der Waals surface area contributed by atoms with Gasteiger partial charge in [0, 0.05) is 19.4 Å². The minimum Gasteiger partial charge on any atom is -0.491 e. The highest BCUT2D eigenvalue weighted by Gasteiger charge is 2.43. The lowest BCUT2D eigenvalue weighted by atomic mass is 10.2. The van der Waals surface area contributed by atoms with Gasteiger partial charge in [-0.15, -0.1) is 0 Å². The number of rotatable bonds is 4. The second-order valence-corrected chi connectivity index (χ2v) is 5.33. The Hall–Kier alpha value is -1.10. The summed E-state index contributed by atoms with van der Waals surface area (Å²) in [6.45, 7) is 1.70. The summed E-state index contributed by atoms with van der Waals surface area (Å²) in [6, 6.07) is 7.87. The van der Waals surface area contributed by atoms with E-state index in [4.69, 9.17) is 19.9 Å². The SMILES string of the molecule is NCc1cccc(OCC2COC3(CCCC3)O2)c1. The van der Waals surface area contributed by atoms with Gasteiger partial charge in [-0.05, 0) is 30.5 Å². The Morgan fingerprint density at radius 2 is 2.16 bits per heavy atom. The average molecular weight is 263 g/mol. The quantitative estimate of drug-likeness (QED) is 0.905. The summed E-state index contributed by atoms with van der Waals surface area (Å²) >= 11 is 0. The van der Waals surface area contributed by atoms with Crippen molar-refractivity contribution in [1.29, 1.82) is 0 Å². The molecule has 1 saturated carbocycles. The first-order chi connectivity index (χ1) is 9.30. The molecule has 0 amide bonds. The standard InChI is InChI=1S/C15H21NO3/c16-9-12-4-3-5-13(8-12)17-10-14-11-18-15(19-14)6-1-2-7-15/h3-5,8,14H,1-2,6-7,9-11,16H2. The molecule has 4 nitrogen and oxygen atoms in total. The Morgan fingerprint density at radius 3 is 2.95 bits per heavy atom. The van der Waals surface area contributed by atoms with Gasteiger partial charge in [0.25, 0.3) is 0 Å². The number of benzene rings is 1. The van der Waals surface area contributed by atoms with Gasteiger partial charge in [0.05, 0.1) is 6.61 Å². The first-order valence-electron chi connectivity index (χ1n) is 7.03. The first-order valence-corrected chi connectivity index (χ1v) is 7.03. The molecule has 104 valence electrons. The van der Waals surface area contributed by atoms with E-state index in [1.165, 1.54) is 12.8 Å². The van der Waals surface area contributed by atoms with Crippen LogP contribution < -0.4 is 10.5 Å². The van der Waals surface area contributed by atoms with Crippen LogP contribution in [-0.4, -0.2) is 25.1 Å². The molecule has 1 heterocycles. The molecule has 4 heteroatoms. The second kappa shape index (κ2) is 5.49. The number of hydrogen-bond acceptors (Lipinski definition) is 4. The van der Waals surface area contributed by atoms with Gasteiger partial charge in [-0.25, -0.2) is 0 Å². The summed E-state index contributed by atoms with van der Waals surface area (Å²) in [5.41, 5.74) is 6.69. The van der Waals surface area contributed by atoms with Crippen LogP contribution in [0.3, 0.4) is 0 Å². The van der Waals surface area contributed by atoms with Gasteiger partial charge in [-0.3, -0.25) is 0 Å². The third-order valence-corrected chi connectivity index (χ3v) is 3.85. The molecule has 1 aromatic carbocycles. The van der Waals surface area contributed by atoms with Crippen LogP contribution in [-0.2, 0) is 16.0 Å². The molecule has 1 aliphatic carbocycles. The van der Waals surface area contributed by atoms with Gasteiger partial charge in [-0.2, -0.15) is 0 Å². The van der Waals surface area contributed by atoms with Crippen LogP contribution in [0.1, 0.15) is 31.2 Å². The predicted molar refractivity (Wildman–Crippen MR) is 71.9 cm³/mol. The van der Waals surface area contributed by atoms with Crippen LogP contribution in [0.25, 0.3) is 0 Å². The largest absolute Gasteiger partial charge is 0.491 e. The maximum Gasteiger partial charge on any atom is 0.169 e. The summed E-state index contributed by atoms with van der Waals surface area (Å²) in [7, 11) is 0. The zero-order valence-corrected chi connectivity index (χ0v) is 11.1. The Morgan fingerprint density at radius 1 is 1.32 bits per heavy atom. The van der Waals surface area contributed by atoms with Crippen LogP contribution in [0.4, 0.5) is 0 Å². The molecule has 1 spiro atoms. The highest BCUT2D eigenvalue weighted by molar-refractivity contribution is 5.28. The molecule has 19 heavy (non-hydrogen) atoms. The molecule has 0 aromatic heterocycles. The van der Waals surface area contributed by atoms with Gasteiger partial charge < -0.3 is 19.9 Å². The molecule has 1 atom stereocenters. The molecular weight excluding hydrogens is 242 g/mol. The van der Waals surface area contributed by atoms with Gasteiger partial charge in [0.2, 0.25) is 0 Å². The van der Waals surface area contributed by atoms with E-state index in [2.05, 4.69) is 0 Å². The molecule has 2 fully saturated rings. The number of hydrogen-bond donors (Lipinski definition) is 1. The summed E-state index contributed by atoms with van der Waals surface area (Å²) in [4.78, 5) is 0. The third kappa shape index (κ3) is 2.91. The maximum absolute atomic E-state index is 6.02. The van der Waals surface area contributed by atoms with E-state index in [-0.39, 0.29) is 11.9 Å². The molecule has 1 aromatic rings. The van der Waals surface area contributed by atoms with Gasteiger partial charge >= 0.3 is 0 Å². The fourth-order valence-corrected chi connectivity index (χ4v) is 2.83. The van der Waals surface area contributed by atoms with E-state index in [0.29, 0.717) is 19.8 Å². The lowest BCUT2D eigenvalue weighted by molar-refractivity contribution is -0.164. The molecule has 2 N–H and O–H groups in total. The zero-order valence-electron chi connectivity index (χ0n) is 11.1. The Bertz CT molecular complexity index is 429. The topological polar surface area (TPSA) is 53.7 Å². The van der Waals surface area contributed by atoms with Crippen molar-refractivity contribution < 1.29 is 14.2 Å². The molecule has 1 saturated heterocycles. The Labute approximate surface area is 113 Å². The van der Waals surface area contributed by atoms with Gasteiger partial charge in [0.1, 0.15) is 18.5 Å². The van der Waals surface area contributed by atoms with E-state index in [0.717, 1.165) is 24.2 Å². The second-order valence-electron chi connectivity index (χ2n) is 5.33. The fourth-order valence-electron chi connectivity index (χ4n) is 2.83. The summed E-state index contributed by atoms with van der Waals surface area (Å²) in [6.07, 6.45) is 4.48. The normalized spacial score (nSPS) is 25.0. The van der Waals surface area contributed by atoms with E-state index in [1.54, 1.807) is 0 Å². The van der Waals surface area contributed by atoms with Crippen molar-refractivity contribution >= 4 is 0 Å². The van der Waals surface area contributed by atoms with E-state index >= 15 is 0 Å². The summed E-state index contributed by atoms with van der Waals surface area (Å²) in [5, 5.41) is 0. The van der Waals surface area contributed by atoms with Gasteiger partial charge in [0.15, 0.2) is 5.79 Å². The van der Waals surface area contributed by atoms with Crippen molar-refractivity contribution in [2.45, 2.75) is 44.1 Å².